The van der Waals surface area contributed by atoms with Crippen molar-refractivity contribution in [3.8, 4) is 0 Å². The van der Waals surface area contributed by atoms with Crippen molar-refractivity contribution in [1.29, 1.82) is 0 Å². The van der Waals surface area contributed by atoms with Crippen LogP contribution in [0.4, 0.5) is 0 Å². The van der Waals surface area contributed by atoms with Crippen LogP contribution >= 0.6 is 11.6 Å². The fourth-order valence-electron chi connectivity index (χ4n) is 2.20. The van der Waals surface area contributed by atoms with E-state index < -0.39 is 6.04 Å². The molecule has 1 atom stereocenters. The van der Waals surface area contributed by atoms with Crippen LogP contribution in [0.2, 0.25) is 5.02 Å². The number of amides is 2. The molecule has 0 bridgehead atoms. The molecule has 120 valence electrons. The maximum atomic E-state index is 12.4. The predicted molar refractivity (Wildman–Crippen MR) is 91.3 cm³/mol. The number of benzene rings is 2. The number of carbonyl (C=O) groups excluding carboxylic acids is 2. The lowest BCUT2D eigenvalue weighted by molar-refractivity contribution is -0.132. The highest BCUT2D eigenvalue weighted by molar-refractivity contribution is 6.30. The number of hydrogen-bond donors (Lipinski definition) is 1. The lowest BCUT2D eigenvalue weighted by atomic mass is 10.2. The first-order chi connectivity index (χ1) is 11.0. The molecule has 0 aliphatic heterocycles. The normalized spacial score (nSPS) is 11.6. The third kappa shape index (κ3) is 4.83. The summed E-state index contributed by atoms with van der Waals surface area (Å²) in [6, 6.07) is 15.6. The minimum atomic E-state index is -0.597. The van der Waals surface area contributed by atoms with Gasteiger partial charge in [0, 0.05) is 24.2 Å². The first-order valence-electron chi connectivity index (χ1n) is 7.32. The van der Waals surface area contributed by atoms with Gasteiger partial charge in [0.1, 0.15) is 6.04 Å². The molecule has 0 radical (unpaired) electrons. The van der Waals surface area contributed by atoms with E-state index in [0.717, 1.165) is 5.56 Å². The Hall–Kier alpha value is -2.33. The number of nitrogens with one attached hydrogen (secondary N) is 1. The van der Waals surface area contributed by atoms with E-state index in [1.807, 2.05) is 18.2 Å². The van der Waals surface area contributed by atoms with Gasteiger partial charge in [0.2, 0.25) is 5.91 Å². The molecule has 2 amide bonds. The van der Waals surface area contributed by atoms with Crippen molar-refractivity contribution in [2.45, 2.75) is 19.5 Å². The Morgan fingerprint density at radius 2 is 1.70 bits per heavy atom. The molecule has 0 aliphatic carbocycles. The van der Waals surface area contributed by atoms with Crippen LogP contribution in [0.5, 0.6) is 0 Å². The van der Waals surface area contributed by atoms with Gasteiger partial charge in [0.15, 0.2) is 0 Å². The van der Waals surface area contributed by atoms with Crippen molar-refractivity contribution in [3.05, 3.63) is 70.7 Å². The van der Waals surface area contributed by atoms with E-state index in [1.165, 1.54) is 0 Å². The van der Waals surface area contributed by atoms with Crippen LogP contribution < -0.4 is 5.32 Å². The maximum absolute atomic E-state index is 12.4. The maximum Gasteiger partial charge on any atom is 0.251 e. The number of nitrogens with zero attached hydrogens (tertiary/aromatic N) is 1. The van der Waals surface area contributed by atoms with Crippen molar-refractivity contribution in [2.24, 2.45) is 0 Å². The molecule has 0 aliphatic rings. The molecule has 2 rings (SSSR count). The van der Waals surface area contributed by atoms with Crippen LogP contribution in [-0.4, -0.2) is 29.8 Å². The lowest BCUT2D eigenvalue weighted by Gasteiger charge is -2.22. The monoisotopic (exact) mass is 330 g/mol. The Balaban J connectivity index is 1.93. The number of rotatable bonds is 5. The highest BCUT2D eigenvalue weighted by Gasteiger charge is 2.20. The first kappa shape index (κ1) is 17.0. The molecule has 1 unspecified atom stereocenters. The zero-order valence-corrected chi connectivity index (χ0v) is 13.9. The quantitative estimate of drug-likeness (QED) is 0.915. The molecule has 2 aromatic rings. The van der Waals surface area contributed by atoms with Gasteiger partial charge >= 0.3 is 0 Å². The Morgan fingerprint density at radius 3 is 2.30 bits per heavy atom. The molecular weight excluding hydrogens is 312 g/mol. The third-order valence-corrected chi connectivity index (χ3v) is 3.72. The molecule has 0 spiro atoms. The van der Waals surface area contributed by atoms with Crippen molar-refractivity contribution in [3.63, 3.8) is 0 Å². The fraction of sp³-hybridized carbons (Fsp3) is 0.222. The molecule has 0 heterocycles. The smallest absolute Gasteiger partial charge is 0.251 e. The molecule has 0 fully saturated rings. The SMILES string of the molecule is CC(NC(=O)c1ccccc1)C(=O)N(C)Cc1ccc(Cl)cc1. The van der Waals surface area contributed by atoms with Crippen LogP contribution in [0.15, 0.2) is 54.6 Å². The van der Waals surface area contributed by atoms with Gasteiger partial charge in [-0.1, -0.05) is 41.9 Å². The van der Waals surface area contributed by atoms with Gasteiger partial charge in [0.05, 0.1) is 0 Å². The number of hydrogen-bond acceptors (Lipinski definition) is 2. The van der Waals surface area contributed by atoms with Gasteiger partial charge in [-0.15, -0.1) is 0 Å². The molecule has 23 heavy (non-hydrogen) atoms. The van der Waals surface area contributed by atoms with Crippen molar-refractivity contribution >= 4 is 23.4 Å². The Labute approximate surface area is 141 Å². The summed E-state index contributed by atoms with van der Waals surface area (Å²) in [5.41, 5.74) is 1.51. The second-order valence-electron chi connectivity index (χ2n) is 5.38. The van der Waals surface area contributed by atoms with Gasteiger partial charge in [-0.25, -0.2) is 0 Å². The van der Waals surface area contributed by atoms with Gasteiger partial charge in [-0.3, -0.25) is 9.59 Å². The molecule has 0 saturated heterocycles. The first-order valence-corrected chi connectivity index (χ1v) is 7.70. The van der Waals surface area contributed by atoms with E-state index in [-0.39, 0.29) is 11.8 Å². The summed E-state index contributed by atoms with van der Waals surface area (Å²) in [5.74, 6) is -0.407. The Bertz CT molecular complexity index is 671. The summed E-state index contributed by atoms with van der Waals surface area (Å²) in [4.78, 5) is 26.0. The van der Waals surface area contributed by atoms with Gasteiger partial charge in [0.25, 0.3) is 5.91 Å². The van der Waals surface area contributed by atoms with Crippen molar-refractivity contribution < 1.29 is 9.59 Å². The van der Waals surface area contributed by atoms with Gasteiger partial charge in [-0.05, 0) is 36.8 Å². The van der Waals surface area contributed by atoms with E-state index in [4.69, 9.17) is 11.6 Å². The predicted octanol–water partition coefficient (Wildman–Crippen LogP) is 3.12. The van der Waals surface area contributed by atoms with Crippen molar-refractivity contribution in [1.82, 2.24) is 10.2 Å². The average Bonchev–Trinajstić information content (AvgIpc) is 2.56. The molecule has 2 aromatic carbocycles. The topological polar surface area (TPSA) is 49.4 Å². The van der Waals surface area contributed by atoms with Crippen LogP contribution in [0.1, 0.15) is 22.8 Å². The largest absolute Gasteiger partial charge is 0.341 e. The summed E-state index contributed by atoms with van der Waals surface area (Å²) in [6.07, 6.45) is 0. The molecular formula is C18H19ClN2O2. The minimum absolute atomic E-state index is 0.149. The van der Waals surface area contributed by atoms with E-state index in [0.29, 0.717) is 17.1 Å². The standard InChI is InChI=1S/C18H19ClN2O2/c1-13(20-17(22)15-6-4-3-5-7-15)18(23)21(2)12-14-8-10-16(19)11-9-14/h3-11,13H,12H2,1-2H3,(H,20,22). The summed E-state index contributed by atoms with van der Waals surface area (Å²) in [7, 11) is 1.71. The van der Waals surface area contributed by atoms with Crippen molar-refractivity contribution in [2.75, 3.05) is 7.05 Å². The fourth-order valence-corrected chi connectivity index (χ4v) is 2.33. The van der Waals surface area contributed by atoms with Gasteiger partial charge < -0.3 is 10.2 Å². The average molecular weight is 331 g/mol. The van der Waals surface area contributed by atoms with E-state index >= 15 is 0 Å². The Kier molecular flexibility index (Phi) is 5.77. The molecule has 0 saturated carbocycles. The Morgan fingerprint density at radius 1 is 1.09 bits per heavy atom. The molecule has 5 heteroatoms. The highest BCUT2D eigenvalue weighted by Crippen LogP contribution is 2.11. The van der Waals surface area contributed by atoms with E-state index in [2.05, 4.69) is 5.32 Å². The summed E-state index contributed by atoms with van der Waals surface area (Å²) in [5, 5.41) is 3.38. The second-order valence-corrected chi connectivity index (χ2v) is 5.82. The second kappa shape index (κ2) is 7.79. The summed E-state index contributed by atoms with van der Waals surface area (Å²) in [6.45, 7) is 2.14. The summed E-state index contributed by atoms with van der Waals surface area (Å²) < 4.78 is 0. The lowest BCUT2D eigenvalue weighted by Crippen LogP contribution is -2.45. The minimum Gasteiger partial charge on any atom is -0.341 e. The zero-order valence-electron chi connectivity index (χ0n) is 13.1. The van der Waals surface area contributed by atoms with E-state index in [9.17, 15) is 9.59 Å². The number of likely N-dealkylation sites (N-methyl/N-ethyl adjacent to an activating group) is 1. The highest BCUT2D eigenvalue weighted by atomic mass is 35.5. The van der Waals surface area contributed by atoms with E-state index in [1.54, 1.807) is 55.3 Å². The molecule has 1 N–H and O–H groups in total. The van der Waals surface area contributed by atoms with Crippen LogP contribution in [0.3, 0.4) is 0 Å². The molecule has 0 aromatic heterocycles. The number of halogens is 1. The number of carbonyl (C=O) groups is 2. The van der Waals surface area contributed by atoms with Crippen LogP contribution in [-0.2, 0) is 11.3 Å². The van der Waals surface area contributed by atoms with Gasteiger partial charge in [-0.2, -0.15) is 0 Å². The zero-order chi connectivity index (χ0) is 16.8. The van der Waals surface area contributed by atoms with Crippen LogP contribution in [0, 0.1) is 0 Å². The summed E-state index contributed by atoms with van der Waals surface area (Å²) >= 11 is 5.85. The molecule has 4 nitrogen and oxygen atoms in total. The van der Waals surface area contributed by atoms with Crippen LogP contribution in [0.25, 0.3) is 0 Å². The third-order valence-electron chi connectivity index (χ3n) is 3.46.